The zero-order valence-electron chi connectivity index (χ0n) is 12.5. The quantitative estimate of drug-likeness (QED) is 0.542. The minimum atomic E-state index is -0.329. The van der Waals surface area contributed by atoms with Crippen molar-refractivity contribution < 1.29 is 14.3 Å². The number of rotatable bonds is 2. The summed E-state index contributed by atoms with van der Waals surface area (Å²) in [5.74, 6) is -0.271. The number of phenolic OH excluding ortho intramolecular Hbond substituents is 1. The highest BCUT2D eigenvalue weighted by atomic mass is 127. The number of aromatic hydroxyl groups is 1. The van der Waals surface area contributed by atoms with Crippen LogP contribution in [0.3, 0.4) is 0 Å². The average Bonchev–Trinajstić information content (AvgIpc) is 2.81. The van der Waals surface area contributed by atoms with Gasteiger partial charge in [-0.15, -0.1) is 0 Å². The van der Waals surface area contributed by atoms with E-state index >= 15 is 0 Å². The van der Waals surface area contributed by atoms with Gasteiger partial charge in [0.05, 0.1) is 14.2 Å². The van der Waals surface area contributed by atoms with Crippen LogP contribution in [0.4, 0.5) is 10.1 Å². The Kier molecular flexibility index (Phi) is 4.91. The Morgan fingerprint density at radius 2 is 1.96 bits per heavy atom. The molecule has 122 valence electrons. The zero-order valence-corrected chi connectivity index (χ0v) is 15.5. The number of carbonyl (C=O) groups excluding carboxylic acids is 1. The molecule has 0 spiro atoms. The normalized spacial score (nSPS) is 18.0. The van der Waals surface area contributed by atoms with Gasteiger partial charge < -0.3 is 5.11 Å². The van der Waals surface area contributed by atoms with Crippen LogP contribution in [0.1, 0.15) is 5.56 Å². The van der Waals surface area contributed by atoms with E-state index in [0.29, 0.717) is 19.3 Å². The Hall–Kier alpha value is -1.87. The molecule has 1 amide bonds. The van der Waals surface area contributed by atoms with Crippen LogP contribution in [0.25, 0.3) is 6.08 Å². The minimum absolute atomic E-state index is 0.149. The molecule has 0 aromatic heterocycles. The molecule has 2 aromatic rings. The number of hydrogen-bond donors (Lipinski definition) is 1. The molecule has 3 rings (SSSR count). The first-order valence-corrected chi connectivity index (χ1v) is 8.84. The maximum absolute atomic E-state index is 13.0. The van der Waals surface area contributed by atoms with Crippen molar-refractivity contribution in [1.29, 1.82) is 0 Å². The smallest absolute Gasteiger partial charge is 0.266 e. The van der Waals surface area contributed by atoms with Gasteiger partial charge in [-0.25, -0.2) is 9.38 Å². The summed E-state index contributed by atoms with van der Waals surface area (Å²) in [6.45, 7) is 0. The Morgan fingerprint density at radius 3 is 2.62 bits per heavy atom. The lowest BCUT2D eigenvalue weighted by atomic mass is 10.2. The van der Waals surface area contributed by atoms with E-state index in [0.717, 1.165) is 5.56 Å². The van der Waals surface area contributed by atoms with Crippen LogP contribution in [-0.2, 0) is 4.79 Å². The maximum Gasteiger partial charge on any atom is 0.266 e. The molecule has 1 saturated heterocycles. The molecule has 4 nitrogen and oxygen atoms in total. The molecular weight excluding hydrogens is 442 g/mol. The fourth-order valence-electron chi connectivity index (χ4n) is 2.04. The highest BCUT2D eigenvalue weighted by molar-refractivity contribution is 14.1. The number of benzene rings is 2. The molecular formula is C17H12FIN2O2S. The van der Waals surface area contributed by atoms with E-state index in [1.54, 1.807) is 43.5 Å². The third kappa shape index (κ3) is 3.62. The molecule has 1 fully saturated rings. The summed E-state index contributed by atoms with van der Waals surface area (Å²) in [7, 11) is 1.65. The molecule has 1 heterocycles. The van der Waals surface area contributed by atoms with Crippen molar-refractivity contribution in [3.8, 4) is 5.75 Å². The molecule has 1 N–H and O–H groups in total. The Balaban J connectivity index is 1.89. The van der Waals surface area contributed by atoms with Crippen molar-refractivity contribution in [2.75, 3.05) is 7.05 Å². The van der Waals surface area contributed by atoms with Gasteiger partial charge in [-0.3, -0.25) is 9.69 Å². The summed E-state index contributed by atoms with van der Waals surface area (Å²) < 4.78 is 13.7. The zero-order chi connectivity index (χ0) is 17.3. The summed E-state index contributed by atoms with van der Waals surface area (Å²) in [5, 5.41) is 10.1. The Morgan fingerprint density at radius 1 is 1.25 bits per heavy atom. The van der Waals surface area contributed by atoms with Gasteiger partial charge in [-0.1, -0.05) is 6.07 Å². The first-order valence-electron chi connectivity index (χ1n) is 6.94. The van der Waals surface area contributed by atoms with Crippen LogP contribution < -0.4 is 0 Å². The van der Waals surface area contributed by atoms with E-state index in [-0.39, 0.29) is 17.5 Å². The van der Waals surface area contributed by atoms with Gasteiger partial charge in [0.2, 0.25) is 0 Å². The number of hydrogen-bond acceptors (Lipinski definition) is 4. The van der Waals surface area contributed by atoms with Crippen molar-refractivity contribution in [1.82, 2.24) is 4.90 Å². The molecule has 1 aliphatic heterocycles. The van der Waals surface area contributed by atoms with Crippen LogP contribution in [0.2, 0.25) is 0 Å². The van der Waals surface area contributed by atoms with Gasteiger partial charge >= 0.3 is 0 Å². The first kappa shape index (κ1) is 17.0. The molecule has 24 heavy (non-hydrogen) atoms. The predicted octanol–water partition coefficient (Wildman–Crippen LogP) is 4.37. The van der Waals surface area contributed by atoms with Crippen LogP contribution in [0.15, 0.2) is 52.4 Å². The molecule has 0 atom stereocenters. The lowest BCUT2D eigenvalue weighted by molar-refractivity contribution is -0.121. The number of amides is 1. The number of nitrogens with zero attached hydrogens (tertiary/aromatic N) is 2. The SMILES string of the molecule is CN1C(=O)/C(=C/c2ccc(O)c(I)c2)SC1=Nc1ccc(F)cc1. The monoisotopic (exact) mass is 454 g/mol. The van der Waals surface area contributed by atoms with E-state index < -0.39 is 0 Å². The van der Waals surface area contributed by atoms with E-state index in [9.17, 15) is 14.3 Å². The van der Waals surface area contributed by atoms with E-state index in [1.807, 2.05) is 22.6 Å². The van der Waals surface area contributed by atoms with Gasteiger partial charge in [0.1, 0.15) is 11.6 Å². The number of likely N-dealkylation sites (N-methyl/N-ethyl adjacent to an activating group) is 1. The maximum atomic E-state index is 13.0. The third-order valence-corrected chi connectivity index (χ3v) is 5.25. The number of aliphatic imine (C=N–C) groups is 1. The van der Waals surface area contributed by atoms with E-state index in [2.05, 4.69) is 4.99 Å². The van der Waals surface area contributed by atoms with Crippen LogP contribution in [0.5, 0.6) is 5.75 Å². The molecule has 7 heteroatoms. The number of carbonyl (C=O) groups is 1. The second-order valence-electron chi connectivity index (χ2n) is 5.06. The van der Waals surface area contributed by atoms with Gasteiger partial charge in [-0.05, 0) is 82.4 Å². The largest absolute Gasteiger partial charge is 0.507 e. The molecule has 0 unspecified atom stereocenters. The van der Waals surface area contributed by atoms with Crippen LogP contribution >= 0.6 is 34.4 Å². The Labute approximate surface area is 156 Å². The molecule has 0 radical (unpaired) electrons. The van der Waals surface area contributed by atoms with Gasteiger partial charge in [0.15, 0.2) is 5.17 Å². The first-order chi connectivity index (χ1) is 11.4. The van der Waals surface area contributed by atoms with E-state index in [1.165, 1.54) is 28.8 Å². The second kappa shape index (κ2) is 6.94. The molecule has 0 aliphatic carbocycles. The van der Waals surface area contributed by atoms with Crippen molar-refractivity contribution in [2.24, 2.45) is 4.99 Å². The lowest BCUT2D eigenvalue weighted by Crippen LogP contribution is -2.23. The van der Waals surface area contributed by atoms with Crippen LogP contribution in [0, 0.1) is 9.39 Å². The molecule has 0 bridgehead atoms. The third-order valence-electron chi connectivity index (χ3n) is 3.32. The van der Waals surface area contributed by atoms with Gasteiger partial charge in [0, 0.05) is 7.05 Å². The topological polar surface area (TPSA) is 52.9 Å². The fourth-order valence-corrected chi connectivity index (χ4v) is 3.57. The number of halogens is 2. The summed E-state index contributed by atoms with van der Waals surface area (Å²) in [6, 6.07) is 10.9. The lowest BCUT2D eigenvalue weighted by Gasteiger charge is -2.06. The van der Waals surface area contributed by atoms with Gasteiger partial charge in [0.25, 0.3) is 5.91 Å². The van der Waals surface area contributed by atoms with Crippen LogP contribution in [-0.4, -0.2) is 28.1 Å². The fraction of sp³-hybridized carbons (Fsp3) is 0.0588. The van der Waals surface area contributed by atoms with Crippen molar-refractivity contribution in [3.63, 3.8) is 0 Å². The average molecular weight is 454 g/mol. The summed E-state index contributed by atoms with van der Waals surface area (Å²) in [5.41, 5.74) is 1.41. The second-order valence-corrected chi connectivity index (χ2v) is 7.23. The predicted molar refractivity (Wildman–Crippen MR) is 103 cm³/mol. The number of phenols is 1. The highest BCUT2D eigenvalue weighted by Crippen LogP contribution is 2.33. The van der Waals surface area contributed by atoms with E-state index in [4.69, 9.17) is 0 Å². The van der Waals surface area contributed by atoms with Crippen molar-refractivity contribution in [3.05, 3.63) is 62.3 Å². The molecule has 1 aliphatic rings. The number of amidine groups is 1. The van der Waals surface area contributed by atoms with Crippen molar-refractivity contribution >= 4 is 57.2 Å². The summed E-state index contributed by atoms with van der Waals surface area (Å²) in [4.78, 5) is 18.8. The number of thioether (sulfide) groups is 1. The standard InChI is InChI=1S/C17H12FIN2O2S/c1-21-16(23)15(9-10-2-7-14(22)13(19)8-10)24-17(21)20-12-5-3-11(18)4-6-12/h2-9,22H,1H3/b15-9-,20-17?. The minimum Gasteiger partial charge on any atom is -0.507 e. The Bertz CT molecular complexity index is 865. The van der Waals surface area contributed by atoms with Gasteiger partial charge in [-0.2, -0.15) is 0 Å². The summed E-state index contributed by atoms with van der Waals surface area (Å²) in [6.07, 6.45) is 1.76. The molecule has 2 aromatic carbocycles. The highest BCUT2D eigenvalue weighted by Gasteiger charge is 2.30. The van der Waals surface area contributed by atoms with Crippen molar-refractivity contribution in [2.45, 2.75) is 0 Å². The molecule has 0 saturated carbocycles. The summed E-state index contributed by atoms with van der Waals surface area (Å²) >= 11 is 3.29.